The number of rotatable bonds is 5. The van der Waals surface area contributed by atoms with Gasteiger partial charge in [0.05, 0.1) is 6.61 Å². The van der Waals surface area contributed by atoms with E-state index in [1.165, 1.54) is 6.42 Å². The molecule has 1 N–H and O–H groups in total. The van der Waals surface area contributed by atoms with Crippen LogP contribution in [0.15, 0.2) is 0 Å². The predicted molar refractivity (Wildman–Crippen MR) is 74.5 cm³/mol. The normalized spacial score (nSPS) is 27.1. The van der Waals surface area contributed by atoms with Gasteiger partial charge in [-0.15, -0.1) is 0 Å². The van der Waals surface area contributed by atoms with E-state index in [9.17, 15) is 9.59 Å². The van der Waals surface area contributed by atoms with Gasteiger partial charge in [-0.3, -0.25) is 9.59 Å². The highest BCUT2D eigenvalue weighted by Gasteiger charge is 2.37. The van der Waals surface area contributed by atoms with Gasteiger partial charge in [0.15, 0.2) is 0 Å². The van der Waals surface area contributed by atoms with Crippen molar-refractivity contribution in [2.45, 2.75) is 53.4 Å². The zero-order chi connectivity index (χ0) is 14.5. The quantitative estimate of drug-likeness (QED) is 0.780. The molecule has 0 spiro atoms. The molecule has 2 atom stereocenters. The smallest absolute Gasteiger partial charge is 0.325 e. The van der Waals surface area contributed by atoms with E-state index in [0.29, 0.717) is 12.5 Å². The maximum Gasteiger partial charge on any atom is 0.325 e. The van der Waals surface area contributed by atoms with E-state index in [4.69, 9.17) is 4.74 Å². The SMILES string of the molecule is CCOC(=O)CNC(=O)C1CCCC(C)(C(C)C)C1. The number of hydrogen-bond acceptors (Lipinski definition) is 3. The molecule has 0 radical (unpaired) electrons. The fourth-order valence-corrected chi connectivity index (χ4v) is 2.78. The van der Waals surface area contributed by atoms with Gasteiger partial charge in [-0.1, -0.05) is 27.2 Å². The summed E-state index contributed by atoms with van der Waals surface area (Å²) < 4.78 is 4.81. The summed E-state index contributed by atoms with van der Waals surface area (Å²) in [6.07, 6.45) is 4.12. The van der Waals surface area contributed by atoms with Crippen molar-refractivity contribution in [3.63, 3.8) is 0 Å². The summed E-state index contributed by atoms with van der Waals surface area (Å²) in [4.78, 5) is 23.3. The van der Waals surface area contributed by atoms with Crippen LogP contribution in [0.5, 0.6) is 0 Å². The molecule has 2 unspecified atom stereocenters. The second kappa shape index (κ2) is 6.92. The maximum absolute atomic E-state index is 12.1. The number of esters is 1. The van der Waals surface area contributed by atoms with E-state index >= 15 is 0 Å². The van der Waals surface area contributed by atoms with Crippen molar-refractivity contribution in [2.24, 2.45) is 17.3 Å². The number of carbonyl (C=O) groups excluding carboxylic acids is 2. The fourth-order valence-electron chi connectivity index (χ4n) is 2.78. The minimum Gasteiger partial charge on any atom is -0.465 e. The highest BCUT2D eigenvalue weighted by molar-refractivity contribution is 5.83. The summed E-state index contributed by atoms with van der Waals surface area (Å²) in [6, 6.07) is 0. The predicted octanol–water partition coefficient (Wildman–Crippen LogP) is 2.52. The van der Waals surface area contributed by atoms with E-state index in [0.717, 1.165) is 19.3 Å². The van der Waals surface area contributed by atoms with Crippen LogP contribution >= 0.6 is 0 Å². The maximum atomic E-state index is 12.1. The van der Waals surface area contributed by atoms with Gasteiger partial charge in [0.2, 0.25) is 5.91 Å². The summed E-state index contributed by atoms with van der Waals surface area (Å²) in [6.45, 7) is 8.81. The summed E-state index contributed by atoms with van der Waals surface area (Å²) in [5.74, 6) is 0.252. The number of amides is 1. The zero-order valence-electron chi connectivity index (χ0n) is 12.6. The van der Waals surface area contributed by atoms with Crippen molar-refractivity contribution < 1.29 is 14.3 Å². The van der Waals surface area contributed by atoms with Crippen molar-refractivity contribution in [3.8, 4) is 0 Å². The second-order valence-corrected chi connectivity index (χ2v) is 6.12. The molecule has 0 aromatic carbocycles. The monoisotopic (exact) mass is 269 g/mol. The van der Waals surface area contributed by atoms with E-state index < -0.39 is 0 Å². The molecule has 1 rings (SSSR count). The Balaban J connectivity index is 2.46. The van der Waals surface area contributed by atoms with Gasteiger partial charge in [0, 0.05) is 5.92 Å². The Bertz CT molecular complexity index is 327. The van der Waals surface area contributed by atoms with E-state index in [1.54, 1.807) is 6.92 Å². The molecular weight excluding hydrogens is 242 g/mol. The van der Waals surface area contributed by atoms with Crippen LogP contribution in [-0.2, 0) is 14.3 Å². The van der Waals surface area contributed by atoms with Gasteiger partial charge in [0.1, 0.15) is 6.54 Å². The van der Waals surface area contributed by atoms with Crippen molar-refractivity contribution in [2.75, 3.05) is 13.2 Å². The van der Waals surface area contributed by atoms with E-state index in [-0.39, 0.29) is 29.8 Å². The largest absolute Gasteiger partial charge is 0.465 e. The second-order valence-electron chi connectivity index (χ2n) is 6.12. The first-order valence-corrected chi connectivity index (χ1v) is 7.32. The Kier molecular flexibility index (Phi) is 5.83. The van der Waals surface area contributed by atoms with Gasteiger partial charge in [-0.05, 0) is 37.5 Å². The van der Waals surface area contributed by atoms with Gasteiger partial charge in [-0.25, -0.2) is 0 Å². The fraction of sp³-hybridized carbons (Fsp3) is 0.867. The molecule has 0 aromatic heterocycles. The Labute approximate surface area is 116 Å². The molecule has 0 saturated heterocycles. The summed E-state index contributed by atoms with van der Waals surface area (Å²) in [7, 11) is 0. The molecule has 4 heteroatoms. The van der Waals surface area contributed by atoms with Gasteiger partial charge < -0.3 is 10.1 Å². The third kappa shape index (κ3) is 4.51. The number of nitrogens with one attached hydrogen (secondary N) is 1. The van der Waals surface area contributed by atoms with Crippen LogP contribution in [0, 0.1) is 17.3 Å². The van der Waals surface area contributed by atoms with Gasteiger partial charge in [-0.2, -0.15) is 0 Å². The average molecular weight is 269 g/mol. The molecule has 0 aromatic rings. The van der Waals surface area contributed by atoms with Crippen LogP contribution in [-0.4, -0.2) is 25.0 Å². The number of carbonyl (C=O) groups is 2. The Morgan fingerprint density at radius 3 is 2.68 bits per heavy atom. The molecule has 0 aliphatic heterocycles. The third-order valence-electron chi connectivity index (χ3n) is 4.49. The first kappa shape index (κ1) is 16.0. The highest BCUT2D eigenvalue weighted by atomic mass is 16.5. The molecule has 4 nitrogen and oxygen atoms in total. The molecule has 1 fully saturated rings. The van der Waals surface area contributed by atoms with Gasteiger partial charge >= 0.3 is 5.97 Å². The van der Waals surface area contributed by atoms with Crippen molar-refractivity contribution in [1.29, 1.82) is 0 Å². The topological polar surface area (TPSA) is 55.4 Å². The highest BCUT2D eigenvalue weighted by Crippen LogP contribution is 2.44. The molecule has 1 saturated carbocycles. The van der Waals surface area contributed by atoms with Crippen molar-refractivity contribution >= 4 is 11.9 Å². The molecular formula is C15H27NO3. The van der Waals surface area contributed by atoms with Crippen molar-refractivity contribution in [3.05, 3.63) is 0 Å². The lowest BCUT2D eigenvalue weighted by molar-refractivity contribution is -0.144. The van der Waals surface area contributed by atoms with E-state index in [1.807, 2.05) is 0 Å². The first-order chi connectivity index (χ1) is 8.89. The first-order valence-electron chi connectivity index (χ1n) is 7.32. The number of ether oxygens (including phenoxy) is 1. The summed E-state index contributed by atoms with van der Waals surface area (Å²) in [5.41, 5.74) is 0.240. The Hall–Kier alpha value is -1.06. The van der Waals surface area contributed by atoms with Crippen LogP contribution < -0.4 is 5.32 Å². The van der Waals surface area contributed by atoms with Crippen LogP contribution in [0.1, 0.15) is 53.4 Å². The van der Waals surface area contributed by atoms with Crippen molar-refractivity contribution in [1.82, 2.24) is 5.32 Å². The molecule has 19 heavy (non-hydrogen) atoms. The van der Waals surface area contributed by atoms with Crippen LogP contribution in [0.25, 0.3) is 0 Å². The molecule has 1 amide bonds. The van der Waals surface area contributed by atoms with E-state index in [2.05, 4.69) is 26.1 Å². The molecule has 110 valence electrons. The summed E-state index contributed by atoms with van der Waals surface area (Å²) in [5, 5.41) is 2.70. The van der Waals surface area contributed by atoms with Crippen LogP contribution in [0.2, 0.25) is 0 Å². The zero-order valence-corrected chi connectivity index (χ0v) is 12.6. The average Bonchev–Trinajstić information content (AvgIpc) is 2.36. The lowest BCUT2D eigenvalue weighted by atomic mass is 9.65. The lowest BCUT2D eigenvalue weighted by Crippen LogP contribution is -2.40. The summed E-state index contributed by atoms with van der Waals surface area (Å²) >= 11 is 0. The number of hydrogen-bond donors (Lipinski definition) is 1. The lowest BCUT2D eigenvalue weighted by Gasteiger charge is -2.40. The van der Waals surface area contributed by atoms with Gasteiger partial charge in [0.25, 0.3) is 0 Å². The Morgan fingerprint density at radius 1 is 1.42 bits per heavy atom. The minimum atomic E-state index is -0.363. The third-order valence-corrected chi connectivity index (χ3v) is 4.49. The standard InChI is InChI=1S/C15H27NO3/c1-5-19-13(17)10-16-14(18)12-7-6-8-15(4,9-12)11(2)3/h11-12H,5-10H2,1-4H3,(H,16,18). The molecule has 1 aliphatic rings. The Morgan fingerprint density at radius 2 is 2.11 bits per heavy atom. The van der Waals surface area contributed by atoms with Crippen LogP contribution in [0.3, 0.4) is 0 Å². The molecule has 1 aliphatic carbocycles. The van der Waals surface area contributed by atoms with Crippen LogP contribution in [0.4, 0.5) is 0 Å². The minimum absolute atomic E-state index is 0.000344. The molecule has 0 bridgehead atoms. The molecule has 0 heterocycles.